The van der Waals surface area contributed by atoms with Gasteiger partial charge in [-0.1, -0.05) is 0 Å². The van der Waals surface area contributed by atoms with Crippen LogP contribution in [0.4, 0.5) is 14.5 Å². The number of hydrogen-bond acceptors (Lipinski definition) is 7. The zero-order valence-electron chi connectivity index (χ0n) is 19.7. The van der Waals surface area contributed by atoms with E-state index >= 15 is 0 Å². The predicted molar refractivity (Wildman–Crippen MR) is 124 cm³/mol. The molecule has 0 fully saturated rings. The minimum Gasteiger partial charge on any atom is -0.508 e. The van der Waals surface area contributed by atoms with E-state index in [4.69, 9.17) is 14.9 Å². The second kappa shape index (κ2) is 12.3. The number of benzene rings is 2. The molecule has 2 aromatic carbocycles. The zero-order valence-corrected chi connectivity index (χ0v) is 19.7. The van der Waals surface area contributed by atoms with Gasteiger partial charge in [0.2, 0.25) is 0 Å². The van der Waals surface area contributed by atoms with E-state index in [1.54, 1.807) is 0 Å². The molecule has 1 atom stereocenters. The summed E-state index contributed by atoms with van der Waals surface area (Å²) in [6.07, 6.45) is -1.30. The van der Waals surface area contributed by atoms with Crippen LogP contribution in [-0.2, 0) is 20.8 Å². The summed E-state index contributed by atoms with van der Waals surface area (Å²) in [6.45, 7) is 3.61. The van der Waals surface area contributed by atoms with Gasteiger partial charge in [-0.05, 0) is 44.0 Å². The second-order valence-corrected chi connectivity index (χ2v) is 8.77. The molecular formula is C24H28F2N2O8. The highest BCUT2D eigenvalue weighted by atomic mass is 19.1. The Balaban J connectivity index is 0.000000493. The van der Waals surface area contributed by atoms with Crippen molar-refractivity contribution in [3.63, 3.8) is 0 Å². The minimum absolute atomic E-state index is 0.0952. The molecule has 0 saturated carbocycles. The molecule has 2 aromatic rings. The molecule has 10 nitrogen and oxygen atoms in total. The average Bonchev–Trinajstić information content (AvgIpc) is 2.74. The molecule has 1 amide bonds. The van der Waals surface area contributed by atoms with Crippen LogP contribution in [0.1, 0.15) is 43.9 Å². The summed E-state index contributed by atoms with van der Waals surface area (Å²) >= 11 is 0. The number of phenols is 1. The molecule has 0 aromatic heterocycles. The number of carboxylic acids is 2. The van der Waals surface area contributed by atoms with Crippen LogP contribution in [0.15, 0.2) is 30.3 Å². The predicted octanol–water partition coefficient (Wildman–Crippen LogP) is 2.58. The van der Waals surface area contributed by atoms with Gasteiger partial charge in [-0.15, -0.1) is 0 Å². The van der Waals surface area contributed by atoms with Crippen molar-refractivity contribution in [2.45, 2.75) is 44.8 Å². The van der Waals surface area contributed by atoms with Gasteiger partial charge in [-0.25, -0.2) is 8.78 Å². The Kier molecular flexibility index (Phi) is 9.70. The number of aliphatic hydroxyl groups excluding tert-OH is 1. The maximum Gasteiger partial charge on any atom is 0.303 e. The first kappa shape index (κ1) is 28.5. The second-order valence-electron chi connectivity index (χ2n) is 8.77. The van der Waals surface area contributed by atoms with Crippen LogP contribution in [0.2, 0.25) is 0 Å². The number of aliphatic carboxylic acids is 2. The van der Waals surface area contributed by atoms with Crippen molar-refractivity contribution >= 4 is 23.5 Å². The molecule has 0 unspecified atom stereocenters. The van der Waals surface area contributed by atoms with Crippen LogP contribution >= 0.6 is 0 Å². The number of nitrogens with one attached hydrogen (secondary N) is 2. The Morgan fingerprint density at radius 3 is 2.22 bits per heavy atom. The van der Waals surface area contributed by atoms with E-state index in [1.807, 2.05) is 13.8 Å². The molecule has 0 spiro atoms. The van der Waals surface area contributed by atoms with Crippen molar-refractivity contribution in [1.29, 1.82) is 0 Å². The topological polar surface area (TPSA) is 165 Å². The third-order valence-corrected chi connectivity index (χ3v) is 4.98. The van der Waals surface area contributed by atoms with E-state index in [2.05, 4.69) is 10.6 Å². The fourth-order valence-corrected chi connectivity index (χ4v) is 3.44. The molecule has 36 heavy (non-hydrogen) atoms. The highest BCUT2D eigenvalue weighted by molar-refractivity contribution is 5.96. The Morgan fingerprint density at radius 1 is 1.08 bits per heavy atom. The Labute approximate surface area is 205 Å². The number of ether oxygens (including phenoxy) is 1. The number of halogens is 2. The molecule has 0 saturated heterocycles. The number of carbonyl (C=O) groups is 3. The van der Waals surface area contributed by atoms with Crippen molar-refractivity contribution < 1.29 is 48.3 Å². The zero-order chi connectivity index (χ0) is 27.0. The largest absolute Gasteiger partial charge is 0.508 e. The molecule has 6 N–H and O–H groups in total. The third-order valence-electron chi connectivity index (χ3n) is 4.98. The molecule has 196 valence electrons. The van der Waals surface area contributed by atoms with Crippen molar-refractivity contribution in [2.75, 3.05) is 18.5 Å². The van der Waals surface area contributed by atoms with Gasteiger partial charge in [0.1, 0.15) is 23.1 Å². The van der Waals surface area contributed by atoms with Crippen molar-refractivity contribution in [2.24, 2.45) is 0 Å². The molecule has 3 rings (SSSR count). The van der Waals surface area contributed by atoms with E-state index in [0.717, 1.165) is 6.07 Å². The lowest BCUT2D eigenvalue weighted by molar-refractivity contribution is -0.143. The molecule has 0 radical (unpaired) electrons. The molecule has 1 aliphatic rings. The van der Waals surface area contributed by atoms with E-state index in [-0.39, 0.29) is 37.6 Å². The Morgan fingerprint density at radius 2 is 1.67 bits per heavy atom. The number of fused-ring (bicyclic) bond motifs is 1. The molecule has 0 bridgehead atoms. The SMILES string of the molecule is CC(C)(Cc1cc(F)cc(F)c1)NC[C@H](O)c1cc(O)cc2c1OCC(=O)N2.O=C(O)CCC(=O)O. The standard InChI is InChI=1S/C20H22F2N2O4.C4H6O4/c1-20(2,8-11-3-12(21)5-13(22)4-11)23-9-17(26)15-6-14(25)7-16-19(15)28-10-18(27)24-16;5-3(6)1-2-4(7)8/h3-7,17,23,25-26H,8-10H2,1-2H3,(H,24,27);1-2H2,(H,5,6)(H,7,8)/t17-;/m0./s1. The normalized spacial score (nSPS) is 13.4. The first-order valence-corrected chi connectivity index (χ1v) is 10.9. The van der Waals surface area contributed by atoms with Crippen molar-refractivity contribution in [3.8, 4) is 11.5 Å². The number of hydrogen-bond donors (Lipinski definition) is 6. The molecule has 0 aliphatic carbocycles. The van der Waals surface area contributed by atoms with Crippen LogP contribution in [-0.4, -0.2) is 57.0 Å². The maximum atomic E-state index is 13.4. The fourth-order valence-electron chi connectivity index (χ4n) is 3.44. The molecular weight excluding hydrogens is 482 g/mol. The first-order chi connectivity index (χ1) is 16.8. The molecule has 12 heteroatoms. The summed E-state index contributed by atoms with van der Waals surface area (Å²) in [7, 11) is 0. The van der Waals surface area contributed by atoms with Crippen molar-refractivity contribution in [3.05, 3.63) is 53.1 Å². The van der Waals surface area contributed by atoms with Crippen LogP contribution in [0.5, 0.6) is 11.5 Å². The van der Waals surface area contributed by atoms with Gasteiger partial charge in [-0.2, -0.15) is 0 Å². The number of carboxylic acid groups (broad SMARTS) is 2. The van der Waals surface area contributed by atoms with Gasteiger partial charge >= 0.3 is 11.9 Å². The lowest BCUT2D eigenvalue weighted by Crippen LogP contribution is -2.43. The van der Waals surface area contributed by atoms with Crippen LogP contribution in [0, 0.1) is 11.6 Å². The number of amides is 1. The first-order valence-electron chi connectivity index (χ1n) is 10.9. The minimum atomic E-state index is -1.08. The van der Waals surface area contributed by atoms with Gasteiger partial charge in [0, 0.05) is 29.8 Å². The molecule has 1 aliphatic heterocycles. The third kappa shape index (κ3) is 9.12. The van der Waals surface area contributed by atoms with Gasteiger partial charge in [0.25, 0.3) is 5.91 Å². The highest BCUT2D eigenvalue weighted by Crippen LogP contribution is 2.38. The fraction of sp³-hybridized carbons (Fsp3) is 0.375. The number of carbonyl (C=O) groups excluding carboxylic acids is 1. The summed E-state index contributed by atoms with van der Waals surface area (Å²) in [5, 5.41) is 42.0. The van der Waals surface area contributed by atoms with E-state index < -0.39 is 35.2 Å². The Bertz CT molecular complexity index is 1090. The Hall–Kier alpha value is -3.77. The summed E-state index contributed by atoms with van der Waals surface area (Å²) in [5.41, 5.74) is 0.535. The van der Waals surface area contributed by atoms with Gasteiger partial charge in [0.15, 0.2) is 6.61 Å². The van der Waals surface area contributed by atoms with E-state index in [1.165, 1.54) is 24.3 Å². The van der Waals surface area contributed by atoms with Crippen LogP contribution in [0.3, 0.4) is 0 Å². The van der Waals surface area contributed by atoms with Crippen LogP contribution in [0.25, 0.3) is 0 Å². The quantitative estimate of drug-likeness (QED) is 0.297. The van der Waals surface area contributed by atoms with Gasteiger partial charge in [-0.3, -0.25) is 14.4 Å². The number of β-amino-alcohol motifs (C(OH)–C–C–N with tert-alkyl or cyclic N) is 1. The number of aromatic hydroxyl groups is 1. The lowest BCUT2D eigenvalue weighted by atomic mass is 9.94. The van der Waals surface area contributed by atoms with E-state index in [0.29, 0.717) is 29.0 Å². The lowest BCUT2D eigenvalue weighted by Gasteiger charge is -2.29. The van der Waals surface area contributed by atoms with Gasteiger partial charge < -0.3 is 35.8 Å². The van der Waals surface area contributed by atoms with Crippen LogP contribution < -0.4 is 15.4 Å². The van der Waals surface area contributed by atoms with Crippen molar-refractivity contribution in [1.82, 2.24) is 5.32 Å². The number of rotatable bonds is 9. The summed E-state index contributed by atoms with van der Waals surface area (Å²) in [6, 6.07) is 6.07. The summed E-state index contributed by atoms with van der Waals surface area (Å²) in [4.78, 5) is 30.7. The average molecular weight is 510 g/mol. The smallest absolute Gasteiger partial charge is 0.303 e. The summed E-state index contributed by atoms with van der Waals surface area (Å²) in [5.74, 6) is -3.60. The maximum absolute atomic E-state index is 13.4. The highest BCUT2D eigenvalue weighted by Gasteiger charge is 2.26. The van der Waals surface area contributed by atoms with E-state index in [9.17, 15) is 33.4 Å². The number of anilines is 1. The monoisotopic (exact) mass is 510 g/mol. The number of phenolic OH excluding ortho intramolecular Hbond substituents is 1. The molecule has 1 heterocycles. The summed E-state index contributed by atoms with van der Waals surface area (Å²) < 4.78 is 32.2. The number of aliphatic hydroxyl groups is 1. The van der Waals surface area contributed by atoms with Gasteiger partial charge in [0.05, 0.1) is 24.6 Å².